The molecule has 5 aromatic carbocycles. The van der Waals surface area contributed by atoms with Crippen molar-refractivity contribution in [1.82, 2.24) is 0 Å². The number of ether oxygens (including phenoxy) is 5. The number of carbonyl (C=O) groups is 4. The smallest absolute Gasteiger partial charge is 0.463 e. The lowest BCUT2D eigenvalue weighted by molar-refractivity contribution is 0.100. The number of hydrogen-bond acceptors (Lipinski definition) is 15. The normalized spacial score (nSPS) is 10.6. The Labute approximate surface area is 356 Å². The molecule has 15 nitrogen and oxygen atoms in total. The van der Waals surface area contributed by atoms with E-state index in [1.807, 2.05) is 0 Å². The van der Waals surface area contributed by atoms with Gasteiger partial charge in [0, 0.05) is 29.8 Å². The van der Waals surface area contributed by atoms with Gasteiger partial charge in [0.2, 0.25) is 0 Å². The van der Waals surface area contributed by atoms with Gasteiger partial charge in [0.25, 0.3) is 9.03 Å². The molecule has 0 bridgehead atoms. The van der Waals surface area contributed by atoms with Gasteiger partial charge in [0.15, 0.2) is 34.6 Å². The SMILES string of the molecule is COc1ccc(C(C)=O)c(O)c1.COc1ccc(C(C)=O)c(OPOc2c(COP(Oc3cc(OC)ccc3C(C)=O)Oc3cc(OC)ccc3C(C)=O)cccc2OC)c1. The second kappa shape index (κ2) is 22.8. The van der Waals surface area contributed by atoms with Gasteiger partial charge in [0.05, 0.1) is 64.4 Å². The van der Waals surface area contributed by atoms with Gasteiger partial charge in [-0.15, -0.1) is 0 Å². The molecule has 0 heterocycles. The van der Waals surface area contributed by atoms with Crippen LogP contribution in [0.4, 0.5) is 0 Å². The molecule has 0 aliphatic carbocycles. The number of carbonyl (C=O) groups excluding carboxylic acids is 4. The van der Waals surface area contributed by atoms with Crippen LogP contribution in [0.5, 0.6) is 57.5 Å². The van der Waals surface area contributed by atoms with E-state index < -0.39 is 17.6 Å². The highest BCUT2D eigenvalue weighted by molar-refractivity contribution is 7.42. The zero-order valence-electron chi connectivity index (χ0n) is 35.0. The number of Topliss-reactive ketones (excluding diaryl/α,β-unsaturated/α-hetero) is 4. The van der Waals surface area contributed by atoms with E-state index in [-0.39, 0.29) is 58.1 Å². The molecule has 0 fully saturated rings. The third-order valence-electron chi connectivity index (χ3n) is 8.54. The van der Waals surface area contributed by atoms with Crippen molar-refractivity contribution in [3.8, 4) is 57.5 Å². The molecule has 5 rings (SSSR count). The highest BCUT2D eigenvalue weighted by atomic mass is 31.2. The fraction of sp³-hybridized carbons (Fsp3) is 0.227. The Balaban J connectivity index is 0.000000586. The zero-order chi connectivity index (χ0) is 44.6. The molecular weight excluding hydrogens is 830 g/mol. The number of aromatic hydroxyl groups is 1. The summed E-state index contributed by atoms with van der Waals surface area (Å²) in [4.78, 5) is 48.1. The fourth-order valence-electron chi connectivity index (χ4n) is 5.35. The van der Waals surface area contributed by atoms with Gasteiger partial charge in [-0.1, -0.05) is 12.1 Å². The number of phenolic OH excluding ortho intramolecular Hbond substituents is 1. The quantitative estimate of drug-likeness (QED) is 0.0576. The average Bonchev–Trinajstić information content (AvgIpc) is 3.25. The summed E-state index contributed by atoms with van der Waals surface area (Å²) in [5.74, 6) is 2.33. The summed E-state index contributed by atoms with van der Waals surface area (Å²) in [5.41, 5.74) is 1.75. The lowest BCUT2D eigenvalue weighted by atomic mass is 10.1. The largest absolute Gasteiger partial charge is 0.507 e. The number of methoxy groups -OCH3 is 5. The van der Waals surface area contributed by atoms with Crippen molar-refractivity contribution in [1.29, 1.82) is 0 Å². The van der Waals surface area contributed by atoms with Crippen molar-refractivity contribution in [3.63, 3.8) is 0 Å². The van der Waals surface area contributed by atoms with Crippen LogP contribution in [0.15, 0.2) is 91.0 Å². The van der Waals surface area contributed by atoms with Gasteiger partial charge in [0.1, 0.15) is 46.0 Å². The molecule has 0 amide bonds. The monoisotopic (exact) mass is 876 g/mol. The lowest BCUT2D eigenvalue weighted by Crippen LogP contribution is -2.07. The molecule has 1 unspecified atom stereocenters. The lowest BCUT2D eigenvalue weighted by Gasteiger charge is -2.21. The van der Waals surface area contributed by atoms with E-state index in [4.69, 9.17) is 46.3 Å². The van der Waals surface area contributed by atoms with E-state index in [0.29, 0.717) is 56.9 Å². The standard InChI is InChI=1S/C35H36O12P2.C9H10O3/c1-21(36)28-14-11-25(39-4)17-32(28)44-48-45-35-24(9-8-10-31(35)42-7)20-43-49(46-33-18-26(40-5)12-15-29(33)22(2)37)47-34-19-27(41-6)13-16-30(34)23(3)38;1-6(10)8-4-3-7(12-2)5-9(8)11/h8-19,48H,20H2,1-7H3;3-5,11H,1-2H3. The van der Waals surface area contributed by atoms with Crippen molar-refractivity contribution >= 4 is 40.8 Å². The summed E-state index contributed by atoms with van der Waals surface area (Å²) < 4.78 is 56.9. The van der Waals surface area contributed by atoms with Gasteiger partial charge in [-0.2, -0.15) is 0 Å². The highest BCUT2D eigenvalue weighted by Gasteiger charge is 2.25. The first-order valence-electron chi connectivity index (χ1n) is 18.2. The highest BCUT2D eigenvalue weighted by Crippen LogP contribution is 2.47. The van der Waals surface area contributed by atoms with Crippen molar-refractivity contribution in [3.05, 3.63) is 119 Å². The molecular formula is C44H46O15P2. The van der Waals surface area contributed by atoms with Gasteiger partial charge in [-0.05, 0) is 82.3 Å². The van der Waals surface area contributed by atoms with Gasteiger partial charge in [-0.25, -0.2) is 0 Å². The van der Waals surface area contributed by atoms with Crippen LogP contribution in [0.3, 0.4) is 0 Å². The van der Waals surface area contributed by atoms with E-state index in [0.717, 1.165) is 0 Å². The first-order chi connectivity index (χ1) is 29.2. The van der Waals surface area contributed by atoms with E-state index >= 15 is 0 Å². The number of phenols is 1. The molecule has 322 valence electrons. The van der Waals surface area contributed by atoms with Crippen molar-refractivity contribution < 1.29 is 70.6 Å². The summed E-state index contributed by atoms with van der Waals surface area (Å²) in [6.07, 6.45) is 0. The van der Waals surface area contributed by atoms with Crippen LogP contribution >= 0.6 is 17.6 Å². The van der Waals surface area contributed by atoms with E-state index in [9.17, 15) is 24.3 Å². The average molecular weight is 877 g/mol. The topological polar surface area (TPSA) is 181 Å². The summed E-state index contributed by atoms with van der Waals surface area (Å²) in [5, 5.41) is 9.29. The molecule has 0 aliphatic heterocycles. The minimum Gasteiger partial charge on any atom is -0.507 e. The Morgan fingerprint density at radius 2 is 0.934 bits per heavy atom. The van der Waals surface area contributed by atoms with Crippen molar-refractivity contribution in [2.45, 2.75) is 34.3 Å². The Morgan fingerprint density at radius 1 is 0.508 bits per heavy atom. The first kappa shape index (κ1) is 47.3. The van der Waals surface area contributed by atoms with Crippen LogP contribution in [0, 0.1) is 0 Å². The number of rotatable bonds is 20. The number of ketones is 4. The molecule has 1 atom stereocenters. The maximum Gasteiger partial charge on any atom is 0.463 e. The number of hydrogen-bond donors (Lipinski definition) is 1. The molecule has 0 saturated carbocycles. The second-order valence-corrected chi connectivity index (χ2v) is 14.3. The molecule has 61 heavy (non-hydrogen) atoms. The van der Waals surface area contributed by atoms with Gasteiger partial charge in [-0.3, -0.25) is 23.7 Å². The minimum absolute atomic E-state index is 0.0400. The predicted octanol–water partition coefficient (Wildman–Crippen LogP) is 9.80. The third kappa shape index (κ3) is 13.0. The Morgan fingerprint density at radius 3 is 1.36 bits per heavy atom. The van der Waals surface area contributed by atoms with Gasteiger partial charge >= 0.3 is 8.60 Å². The minimum atomic E-state index is -2.34. The molecule has 0 aliphatic rings. The summed E-state index contributed by atoms with van der Waals surface area (Å²) >= 11 is 0. The third-order valence-corrected chi connectivity index (χ3v) is 10.2. The van der Waals surface area contributed by atoms with E-state index in [1.54, 1.807) is 78.9 Å². The zero-order valence-corrected chi connectivity index (χ0v) is 36.9. The van der Waals surface area contributed by atoms with E-state index in [1.165, 1.54) is 75.4 Å². The van der Waals surface area contributed by atoms with Crippen LogP contribution in [-0.2, 0) is 11.1 Å². The molecule has 5 aromatic rings. The van der Waals surface area contributed by atoms with Gasteiger partial charge < -0.3 is 46.9 Å². The Bertz CT molecular complexity index is 2280. The predicted molar refractivity (Wildman–Crippen MR) is 229 cm³/mol. The maximum atomic E-state index is 12.5. The van der Waals surface area contributed by atoms with Crippen LogP contribution in [0.25, 0.3) is 0 Å². The number of benzene rings is 5. The van der Waals surface area contributed by atoms with Crippen LogP contribution in [-0.4, -0.2) is 63.8 Å². The maximum absolute atomic E-state index is 12.5. The van der Waals surface area contributed by atoms with Crippen molar-refractivity contribution in [2.24, 2.45) is 0 Å². The summed E-state index contributed by atoms with van der Waals surface area (Å²) in [6, 6.07) is 24.2. The Hall–Kier alpha value is -6.40. The second-order valence-electron chi connectivity index (χ2n) is 12.6. The molecule has 17 heteroatoms. The molecule has 0 spiro atoms. The number of para-hydroxylation sites is 1. The van der Waals surface area contributed by atoms with E-state index in [2.05, 4.69) is 0 Å². The summed E-state index contributed by atoms with van der Waals surface area (Å²) in [6.45, 7) is 5.53. The molecule has 1 N–H and O–H groups in total. The van der Waals surface area contributed by atoms with Crippen LogP contribution < -0.4 is 41.8 Å². The first-order valence-corrected chi connectivity index (χ1v) is 20.1. The molecule has 0 aromatic heterocycles. The molecule has 0 radical (unpaired) electrons. The van der Waals surface area contributed by atoms with Crippen LogP contribution in [0.2, 0.25) is 0 Å². The molecule has 0 saturated heterocycles. The van der Waals surface area contributed by atoms with Crippen molar-refractivity contribution in [2.75, 3.05) is 35.5 Å². The van der Waals surface area contributed by atoms with Crippen LogP contribution in [0.1, 0.15) is 74.7 Å². The summed E-state index contributed by atoms with van der Waals surface area (Å²) in [7, 11) is 4.55. The fourth-order valence-corrected chi connectivity index (χ4v) is 6.97. The Kier molecular flexibility index (Phi) is 17.7.